The van der Waals surface area contributed by atoms with Gasteiger partial charge in [0.25, 0.3) is 5.95 Å². The van der Waals surface area contributed by atoms with E-state index in [-0.39, 0.29) is 24.0 Å². The van der Waals surface area contributed by atoms with Gasteiger partial charge in [0.05, 0.1) is 13.2 Å². The SMILES string of the molecule is CCOC(=O)/C(=C(\O)OCC)C(C)CC/C=C(\C)C[Si](C)(C)C. The second-order valence-corrected chi connectivity index (χ2v) is 12.6. The summed E-state index contributed by atoms with van der Waals surface area (Å²) in [5, 5.41) is 9.98. The zero-order valence-corrected chi connectivity index (χ0v) is 16.9. The molecule has 0 aliphatic heterocycles. The molecule has 4 nitrogen and oxygen atoms in total. The van der Waals surface area contributed by atoms with Crippen LogP contribution < -0.4 is 0 Å². The highest BCUT2D eigenvalue weighted by molar-refractivity contribution is 6.76. The number of allylic oxidation sites excluding steroid dienone is 2. The molecule has 0 aromatic rings. The van der Waals surface area contributed by atoms with Gasteiger partial charge in [0, 0.05) is 8.07 Å². The fourth-order valence-corrected chi connectivity index (χ4v) is 4.37. The minimum atomic E-state index is -1.09. The average Bonchev–Trinajstić information content (AvgIpc) is 2.37. The summed E-state index contributed by atoms with van der Waals surface area (Å²) in [6.07, 6.45) is 3.89. The number of hydrogen-bond donors (Lipinski definition) is 1. The quantitative estimate of drug-likeness (QED) is 0.198. The highest BCUT2D eigenvalue weighted by Gasteiger charge is 2.24. The Morgan fingerprint density at radius 3 is 2.22 bits per heavy atom. The van der Waals surface area contributed by atoms with Crippen molar-refractivity contribution in [2.75, 3.05) is 13.2 Å². The molecule has 0 amide bonds. The zero-order chi connectivity index (χ0) is 18.0. The summed E-state index contributed by atoms with van der Waals surface area (Å²) in [4.78, 5) is 12.1. The number of ether oxygens (including phenoxy) is 2. The van der Waals surface area contributed by atoms with E-state index in [0.717, 1.165) is 12.8 Å². The van der Waals surface area contributed by atoms with E-state index in [0.29, 0.717) is 6.61 Å². The number of aliphatic hydroxyl groups excluding tert-OH is 1. The van der Waals surface area contributed by atoms with Gasteiger partial charge in [0.2, 0.25) is 0 Å². The fourth-order valence-electron chi connectivity index (χ4n) is 2.56. The third-order valence-corrected chi connectivity index (χ3v) is 5.02. The molecule has 134 valence electrons. The van der Waals surface area contributed by atoms with Crippen LogP contribution in [-0.4, -0.2) is 32.4 Å². The number of hydrogen-bond acceptors (Lipinski definition) is 4. The van der Waals surface area contributed by atoms with E-state index in [1.165, 1.54) is 11.6 Å². The Hall–Kier alpha value is -1.23. The molecule has 0 saturated heterocycles. The van der Waals surface area contributed by atoms with E-state index in [1.54, 1.807) is 13.8 Å². The smallest absolute Gasteiger partial charge is 0.341 e. The Morgan fingerprint density at radius 1 is 1.17 bits per heavy atom. The Morgan fingerprint density at radius 2 is 1.74 bits per heavy atom. The molecule has 1 N–H and O–H groups in total. The highest BCUT2D eigenvalue weighted by atomic mass is 28.3. The molecular weight excluding hydrogens is 308 g/mol. The number of rotatable bonds is 10. The van der Waals surface area contributed by atoms with Crippen LogP contribution in [-0.2, 0) is 14.3 Å². The molecule has 0 saturated carbocycles. The van der Waals surface area contributed by atoms with E-state index in [4.69, 9.17) is 9.47 Å². The van der Waals surface area contributed by atoms with E-state index >= 15 is 0 Å². The van der Waals surface area contributed by atoms with Gasteiger partial charge >= 0.3 is 5.97 Å². The molecule has 5 heteroatoms. The normalized spacial score (nSPS) is 15.0. The maximum atomic E-state index is 12.1. The van der Waals surface area contributed by atoms with Crippen molar-refractivity contribution in [1.29, 1.82) is 0 Å². The van der Waals surface area contributed by atoms with Crippen molar-refractivity contribution < 1.29 is 19.4 Å². The molecule has 0 aliphatic rings. The summed E-state index contributed by atoms with van der Waals surface area (Å²) in [6, 6.07) is 1.19. The Labute approximate surface area is 142 Å². The van der Waals surface area contributed by atoms with Crippen LogP contribution in [0.15, 0.2) is 23.2 Å². The summed E-state index contributed by atoms with van der Waals surface area (Å²) < 4.78 is 10.1. The van der Waals surface area contributed by atoms with Crippen LogP contribution >= 0.6 is 0 Å². The third-order valence-electron chi connectivity index (χ3n) is 3.40. The number of carbonyl (C=O) groups excluding carboxylic acids is 1. The van der Waals surface area contributed by atoms with Crippen LogP contribution in [0.5, 0.6) is 0 Å². The average molecular weight is 343 g/mol. The summed E-state index contributed by atoms with van der Waals surface area (Å²) in [5.41, 5.74) is 1.65. The first-order valence-corrected chi connectivity index (χ1v) is 12.2. The van der Waals surface area contributed by atoms with E-state index in [2.05, 4.69) is 32.6 Å². The van der Waals surface area contributed by atoms with Crippen LogP contribution in [0.3, 0.4) is 0 Å². The molecule has 0 fully saturated rings. The molecule has 0 bridgehead atoms. The lowest BCUT2D eigenvalue weighted by molar-refractivity contribution is -0.139. The van der Waals surface area contributed by atoms with Gasteiger partial charge in [0.15, 0.2) is 0 Å². The molecule has 0 aromatic heterocycles. The van der Waals surface area contributed by atoms with Crippen LogP contribution in [0, 0.1) is 5.92 Å². The largest absolute Gasteiger partial charge is 0.481 e. The van der Waals surface area contributed by atoms with Crippen molar-refractivity contribution in [2.45, 2.75) is 66.2 Å². The zero-order valence-electron chi connectivity index (χ0n) is 15.9. The minimum absolute atomic E-state index is 0.114. The molecule has 0 aliphatic carbocycles. The topological polar surface area (TPSA) is 55.8 Å². The Bertz CT molecular complexity index is 433. The van der Waals surface area contributed by atoms with E-state index < -0.39 is 14.0 Å². The number of esters is 1. The predicted octanol–water partition coefficient (Wildman–Crippen LogP) is 5.06. The predicted molar refractivity (Wildman–Crippen MR) is 98.2 cm³/mol. The van der Waals surface area contributed by atoms with Crippen molar-refractivity contribution in [3.8, 4) is 0 Å². The van der Waals surface area contributed by atoms with Gasteiger partial charge in [0.1, 0.15) is 5.57 Å². The van der Waals surface area contributed by atoms with Crippen molar-refractivity contribution in [2.24, 2.45) is 5.92 Å². The van der Waals surface area contributed by atoms with Crippen LogP contribution in [0.4, 0.5) is 0 Å². The van der Waals surface area contributed by atoms with Gasteiger partial charge < -0.3 is 14.6 Å². The second-order valence-electron chi connectivity index (χ2n) is 7.14. The van der Waals surface area contributed by atoms with Crippen molar-refractivity contribution in [3.63, 3.8) is 0 Å². The summed E-state index contributed by atoms with van der Waals surface area (Å²) in [6.45, 7) is 15.3. The lowest BCUT2D eigenvalue weighted by atomic mass is 9.96. The highest BCUT2D eigenvalue weighted by Crippen LogP contribution is 2.23. The molecule has 0 heterocycles. The lowest BCUT2D eigenvalue weighted by Crippen LogP contribution is -2.19. The molecule has 0 radical (unpaired) electrons. The standard InChI is InChI=1S/C18H34O4Si/c1-8-21-17(19)16(18(20)22-9-2)15(4)12-10-11-14(3)13-23(5,6)7/h11,15,19H,8-10,12-13H2,1-7H3/b14-11+,17-16+. The maximum Gasteiger partial charge on any atom is 0.341 e. The molecule has 0 spiro atoms. The van der Waals surface area contributed by atoms with Gasteiger partial charge in [-0.2, -0.15) is 0 Å². The lowest BCUT2D eigenvalue weighted by Gasteiger charge is -2.17. The first kappa shape index (κ1) is 21.8. The molecule has 0 rings (SSSR count). The van der Waals surface area contributed by atoms with Crippen LogP contribution in [0.1, 0.15) is 40.5 Å². The van der Waals surface area contributed by atoms with Gasteiger partial charge in [-0.3, -0.25) is 0 Å². The van der Waals surface area contributed by atoms with E-state index in [9.17, 15) is 9.90 Å². The Balaban J connectivity index is 4.86. The van der Waals surface area contributed by atoms with Gasteiger partial charge in [-0.05, 0) is 45.6 Å². The van der Waals surface area contributed by atoms with Crippen LogP contribution in [0.25, 0.3) is 0 Å². The molecule has 0 aromatic carbocycles. The molecular formula is C18H34O4Si. The van der Waals surface area contributed by atoms with E-state index in [1.807, 2.05) is 6.92 Å². The first-order chi connectivity index (χ1) is 10.6. The fraction of sp³-hybridized carbons (Fsp3) is 0.722. The summed E-state index contributed by atoms with van der Waals surface area (Å²) in [7, 11) is -1.09. The molecule has 1 atom stereocenters. The van der Waals surface area contributed by atoms with Gasteiger partial charge in [-0.25, -0.2) is 4.79 Å². The second kappa shape index (κ2) is 10.5. The number of aliphatic hydroxyl groups is 1. The monoisotopic (exact) mass is 342 g/mol. The van der Waals surface area contributed by atoms with Crippen LogP contribution in [0.2, 0.25) is 25.7 Å². The van der Waals surface area contributed by atoms with Crippen molar-refractivity contribution in [3.05, 3.63) is 23.2 Å². The van der Waals surface area contributed by atoms with Gasteiger partial charge in [-0.15, -0.1) is 0 Å². The Kier molecular flexibility index (Phi) is 9.96. The van der Waals surface area contributed by atoms with Crippen molar-refractivity contribution in [1.82, 2.24) is 0 Å². The van der Waals surface area contributed by atoms with Gasteiger partial charge in [-0.1, -0.05) is 38.2 Å². The molecule has 23 heavy (non-hydrogen) atoms. The maximum absolute atomic E-state index is 12.1. The molecule has 1 unspecified atom stereocenters. The summed E-state index contributed by atoms with van der Waals surface area (Å²) >= 11 is 0. The van der Waals surface area contributed by atoms with Crippen molar-refractivity contribution >= 4 is 14.0 Å². The third kappa shape index (κ3) is 9.49. The minimum Gasteiger partial charge on any atom is -0.481 e. The number of carbonyl (C=O) groups is 1. The first-order valence-electron chi connectivity index (χ1n) is 8.51. The summed E-state index contributed by atoms with van der Waals surface area (Å²) in [5.74, 6) is -0.911.